The number of ketones is 1. The second-order valence-corrected chi connectivity index (χ2v) is 6.42. The molecular weight excluding hydrogens is 299 g/mol. The van der Waals surface area contributed by atoms with E-state index in [9.17, 15) is 9.36 Å². The van der Waals surface area contributed by atoms with E-state index in [0.717, 1.165) is 25.7 Å². The third-order valence-electron chi connectivity index (χ3n) is 3.39. The van der Waals surface area contributed by atoms with Crippen LogP contribution in [0.5, 0.6) is 5.75 Å². The maximum absolute atomic E-state index is 12.7. The number of unbranched alkanes of at least 4 members (excludes halogenated alkanes) is 1. The quantitative estimate of drug-likeness (QED) is 0.418. The summed E-state index contributed by atoms with van der Waals surface area (Å²) in [6, 6.07) is 6.95. The van der Waals surface area contributed by atoms with E-state index in [1.807, 2.05) is 6.92 Å². The van der Waals surface area contributed by atoms with Crippen LogP contribution in [0, 0.1) is 5.92 Å². The Morgan fingerprint density at radius 2 is 1.91 bits per heavy atom. The van der Waals surface area contributed by atoms with E-state index in [1.165, 1.54) is 0 Å². The summed E-state index contributed by atoms with van der Waals surface area (Å²) >= 11 is 0. The van der Waals surface area contributed by atoms with Crippen molar-refractivity contribution < 1.29 is 18.4 Å². The second-order valence-electron chi connectivity index (χ2n) is 5.58. The Labute approximate surface area is 134 Å². The third kappa shape index (κ3) is 5.86. The van der Waals surface area contributed by atoms with Gasteiger partial charge in [0.1, 0.15) is 6.10 Å². The topological polar surface area (TPSA) is 52.6 Å². The fraction of sp³-hybridized carbons (Fsp3) is 0.588. The average molecular weight is 325 g/mol. The number of hydrogen-bond acceptors (Lipinski definition) is 4. The van der Waals surface area contributed by atoms with Gasteiger partial charge in [-0.3, -0.25) is 4.79 Å². The van der Waals surface area contributed by atoms with E-state index in [4.69, 9.17) is 9.05 Å². The predicted octanol–water partition coefficient (Wildman–Crippen LogP) is 5.55. The first-order chi connectivity index (χ1) is 10.5. The molecule has 0 aliphatic heterocycles. The predicted molar refractivity (Wildman–Crippen MR) is 88.5 cm³/mol. The van der Waals surface area contributed by atoms with Gasteiger partial charge in [0.05, 0.1) is 5.56 Å². The lowest BCUT2D eigenvalue weighted by Gasteiger charge is -2.13. The molecule has 1 aromatic carbocycles. The molecule has 0 bridgehead atoms. The van der Waals surface area contributed by atoms with E-state index in [1.54, 1.807) is 38.1 Å². The van der Waals surface area contributed by atoms with E-state index in [-0.39, 0.29) is 17.8 Å². The Hall–Kier alpha value is -1.25. The summed E-state index contributed by atoms with van der Waals surface area (Å²) in [4.78, 5) is 12.7. The summed E-state index contributed by atoms with van der Waals surface area (Å²) in [6.07, 6.45) is 3.56. The zero-order chi connectivity index (χ0) is 16.5. The normalized spacial score (nSPS) is 13.0. The number of para-hydroxylation sites is 1. The van der Waals surface area contributed by atoms with Crippen LogP contribution in [0.15, 0.2) is 24.3 Å². The maximum Gasteiger partial charge on any atom is 0.750 e. The van der Waals surface area contributed by atoms with Crippen molar-refractivity contribution >= 4 is 14.0 Å². The van der Waals surface area contributed by atoms with Crippen molar-refractivity contribution in [2.24, 2.45) is 5.92 Å². The molecule has 0 aliphatic rings. The zero-order valence-corrected chi connectivity index (χ0v) is 14.8. The van der Waals surface area contributed by atoms with Gasteiger partial charge in [0.15, 0.2) is 5.78 Å². The lowest BCUT2D eigenvalue weighted by atomic mass is 9.90. The SMILES string of the molecule is CCCCC(CC)C(=O)c1ccccc1O[P+](=O)OC(C)C. The molecule has 0 radical (unpaired) electrons. The summed E-state index contributed by atoms with van der Waals surface area (Å²) in [7, 11) is -2.27. The summed E-state index contributed by atoms with van der Waals surface area (Å²) < 4.78 is 22.3. The van der Waals surface area contributed by atoms with Crippen molar-refractivity contribution in [3.63, 3.8) is 0 Å². The molecule has 1 rings (SSSR count). The van der Waals surface area contributed by atoms with Gasteiger partial charge in [-0.05, 0) is 38.8 Å². The lowest BCUT2D eigenvalue weighted by molar-refractivity contribution is 0.0906. The molecule has 0 heterocycles. The molecule has 0 saturated carbocycles. The Balaban J connectivity index is 2.90. The fourth-order valence-corrected chi connectivity index (χ4v) is 2.92. The Kier molecular flexibility index (Phi) is 8.29. The molecule has 4 nitrogen and oxygen atoms in total. The van der Waals surface area contributed by atoms with Crippen molar-refractivity contribution in [1.82, 2.24) is 0 Å². The van der Waals surface area contributed by atoms with Crippen LogP contribution in [-0.4, -0.2) is 11.9 Å². The zero-order valence-electron chi connectivity index (χ0n) is 13.9. The molecule has 0 spiro atoms. The highest BCUT2D eigenvalue weighted by Crippen LogP contribution is 2.33. The van der Waals surface area contributed by atoms with Gasteiger partial charge in [-0.25, -0.2) is 4.52 Å². The van der Waals surface area contributed by atoms with Crippen molar-refractivity contribution in [2.45, 2.75) is 59.5 Å². The fourth-order valence-electron chi connectivity index (χ4n) is 2.21. The number of benzene rings is 1. The van der Waals surface area contributed by atoms with Crippen LogP contribution in [0.1, 0.15) is 63.7 Å². The summed E-state index contributed by atoms with van der Waals surface area (Å²) in [6.45, 7) is 7.70. The number of hydrogen-bond donors (Lipinski definition) is 0. The van der Waals surface area contributed by atoms with Crippen LogP contribution in [0.4, 0.5) is 0 Å². The van der Waals surface area contributed by atoms with Gasteiger partial charge in [-0.15, -0.1) is 4.52 Å². The first kappa shape index (κ1) is 18.8. The van der Waals surface area contributed by atoms with Crippen LogP contribution in [-0.2, 0) is 9.09 Å². The van der Waals surface area contributed by atoms with Gasteiger partial charge in [0.2, 0.25) is 5.75 Å². The Morgan fingerprint density at radius 1 is 1.23 bits per heavy atom. The molecule has 122 valence electrons. The highest BCUT2D eigenvalue weighted by Gasteiger charge is 2.29. The Bertz CT molecular complexity index is 499. The van der Waals surface area contributed by atoms with Crippen LogP contribution < -0.4 is 4.52 Å². The standard InChI is InChI=1S/C17H26O4P/c1-5-7-10-14(6-2)17(18)15-11-8-9-12-16(15)21-22(19)20-13(3)4/h8-9,11-14H,5-7,10H2,1-4H3/q+1. The van der Waals surface area contributed by atoms with Crippen molar-refractivity contribution in [2.75, 3.05) is 0 Å². The van der Waals surface area contributed by atoms with Crippen molar-refractivity contribution in [3.8, 4) is 5.75 Å². The highest BCUT2D eigenvalue weighted by atomic mass is 31.1. The van der Waals surface area contributed by atoms with Gasteiger partial charge >= 0.3 is 8.25 Å². The van der Waals surface area contributed by atoms with Gasteiger partial charge in [-0.2, -0.15) is 0 Å². The third-order valence-corrected chi connectivity index (χ3v) is 4.33. The minimum atomic E-state index is -2.27. The summed E-state index contributed by atoms with van der Waals surface area (Å²) in [5.74, 6) is 0.373. The largest absolute Gasteiger partial charge is 0.750 e. The first-order valence-corrected chi connectivity index (χ1v) is 9.04. The number of carbonyl (C=O) groups excluding carboxylic acids is 1. The van der Waals surface area contributed by atoms with Crippen LogP contribution >= 0.6 is 8.25 Å². The molecule has 0 saturated heterocycles. The lowest BCUT2D eigenvalue weighted by Crippen LogP contribution is -2.15. The monoisotopic (exact) mass is 325 g/mol. The van der Waals surface area contributed by atoms with E-state index < -0.39 is 8.25 Å². The highest BCUT2D eigenvalue weighted by molar-refractivity contribution is 7.33. The first-order valence-electron chi connectivity index (χ1n) is 7.94. The van der Waals surface area contributed by atoms with E-state index in [0.29, 0.717) is 11.3 Å². The molecule has 22 heavy (non-hydrogen) atoms. The minimum Gasteiger partial charge on any atom is -0.294 e. The van der Waals surface area contributed by atoms with Crippen LogP contribution in [0.2, 0.25) is 0 Å². The molecule has 0 fully saturated rings. The number of rotatable bonds is 10. The molecule has 0 amide bonds. The maximum atomic E-state index is 12.7. The molecular formula is C17H26O4P+. The number of carbonyl (C=O) groups is 1. The van der Waals surface area contributed by atoms with Crippen molar-refractivity contribution in [1.29, 1.82) is 0 Å². The summed E-state index contributed by atoms with van der Waals surface area (Å²) in [5, 5.41) is 0. The molecule has 5 heteroatoms. The van der Waals surface area contributed by atoms with Gasteiger partial charge < -0.3 is 0 Å². The molecule has 1 aromatic rings. The van der Waals surface area contributed by atoms with Crippen LogP contribution in [0.3, 0.4) is 0 Å². The van der Waals surface area contributed by atoms with E-state index >= 15 is 0 Å². The van der Waals surface area contributed by atoms with Gasteiger partial charge in [0.25, 0.3) is 0 Å². The molecule has 0 aliphatic carbocycles. The second kappa shape index (κ2) is 9.70. The molecule has 2 atom stereocenters. The smallest absolute Gasteiger partial charge is 0.294 e. The minimum absolute atomic E-state index is 0.0198. The number of Topliss-reactive ketones (excluding diaryl/α,β-unsaturated/α-hetero) is 1. The van der Waals surface area contributed by atoms with Gasteiger partial charge in [-0.1, -0.05) is 38.8 Å². The van der Waals surface area contributed by atoms with E-state index in [2.05, 4.69) is 6.92 Å². The molecule has 0 N–H and O–H groups in total. The molecule has 0 aromatic heterocycles. The molecule has 2 unspecified atom stereocenters. The average Bonchev–Trinajstić information content (AvgIpc) is 2.47. The summed E-state index contributed by atoms with van der Waals surface area (Å²) in [5.41, 5.74) is 0.487. The van der Waals surface area contributed by atoms with Crippen LogP contribution in [0.25, 0.3) is 0 Å². The van der Waals surface area contributed by atoms with Crippen molar-refractivity contribution in [3.05, 3.63) is 29.8 Å². The Morgan fingerprint density at radius 3 is 2.50 bits per heavy atom. The van der Waals surface area contributed by atoms with Gasteiger partial charge in [0, 0.05) is 10.5 Å².